The smallest absolute Gasteiger partial charge is 0.302 e. The van der Waals surface area contributed by atoms with E-state index in [2.05, 4.69) is 16.9 Å². The van der Waals surface area contributed by atoms with Gasteiger partial charge in [-0.15, -0.1) is 5.11 Å². The molecule has 0 aliphatic carbocycles. The third kappa shape index (κ3) is 8.41. The van der Waals surface area contributed by atoms with Gasteiger partial charge in [0.15, 0.2) is 5.54 Å². The number of aliphatic hydroxyl groups is 1. The highest BCUT2D eigenvalue weighted by molar-refractivity contribution is 5.79. The van der Waals surface area contributed by atoms with Gasteiger partial charge in [-0.2, -0.15) is 13.9 Å². The topological polar surface area (TPSA) is 94.5 Å². The third-order valence-electron chi connectivity index (χ3n) is 9.24. The van der Waals surface area contributed by atoms with E-state index in [4.69, 9.17) is 5.84 Å². The van der Waals surface area contributed by atoms with E-state index in [0.29, 0.717) is 31.5 Å². The maximum atomic E-state index is 14.7. The number of nitrogens with two attached hydrogens (primary N) is 1. The van der Waals surface area contributed by atoms with Crippen LogP contribution in [0.25, 0.3) is 0 Å². The average Bonchev–Trinajstić information content (AvgIpc) is 3.51. The van der Waals surface area contributed by atoms with Gasteiger partial charge >= 0.3 is 5.92 Å². The normalized spacial score (nSPS) is 16.0. The van der Waals surface area contributed by atoms with Crippen LogP contribution < -0.4 is 5.84 Å². The molecule has 260 valence electrons. The van der Waals surface area contributed by atoms with E-state index in [1.165, 1.54) is 29.4 Å². The molecule has 5 rings (SSSR count). The number of nitrogens with zero attached hydrogens (tertiary/aromatic N) is 4. The summed E-state index contributed by atoms with van der Waals surface area (Å²) < 4.78 is 29.4. The standard InChI is InChI=1S/C41H45F2N5O2/c1-32(45-46-48(44)40(33-19-9-4-10-20-33,34-21-11-5-12-22-34)35-23-13-6-14-24-35)18-8-2-3-17-31-47-37(28-30-39(47)50)27-29-38(49)41(42,43)36-25-15-7-16-26-36/h4-7,9-16,19-27,29,37-38,49H,1-3,8,17-18,28,30-31,44H2/b29-27+,46-45-/t37-,38+/m0/s1. The fourth-order valence-corrected chi connectivity index (χ4v) is 6.56. The van der Waals surface area contributed by atoms with Gasteiger partial charge in [0.25, 0.3) is 0 Å². The van der Waals surface area contributed by atoms with E-state index in [1.54, 1.807) is 17.0 Å². The van der Waals surface area contributed by atoms with Gasteiger partial charge in [-0.25, -0.2) is 5.84 Å². The van der Waals surface area contributed by atoms with Gasteiger partial charge in [-0.3, -0.25) is 4.79 Å². The summed E-state index contributed by atoms with van der Waals surface area (Å²) in [5.74, 6) is 3.38. The lowest BCUT2D eigenvalue weighted by Crippen LogP contribution is -2.49. The molecule has 0 bridgehead atoms. The first kappa shape index (κ1) is 36.3. The first-order valence-electron chi connectivity index (χ1n) is 17.1. The zero-order valence-electron chi connectivity index (χ0n) is 28.2. The molecule has 1 heterocycles. The largest absolute Gasteiger partial charge is 0.382 e. The molecule has 0 spiro atoms. The second-order valence-corrected chi connectivity index (χ2v) is 12.6. The van der Waals surface area contributed by atoms with Gasteiger partial charge < -0.3 is 10.0 Å². The Bertz CT molecular complexity index is 1620. The van der Waals surface area contributed by atoms with Crippen LogP contribution in [0, 0.1) is 0 Å². The Labute approximate surface area is 293 Å². The Morgan fingerprint density at radius 1 is 0.840 bits per heavy atom. The number of likely N-dealkylation sites (tertiary alicyclic amines) is 1. The van der Waals surface area contributed by atoms with Crippen molar-refractivity contribution in [2.24, 2.45) is 16.2 Å². The molecule has 4 aromatic carbocycles. The number of unbranched alkanes of at least 4 members (excludes halogenated alkanes) is 3. The van der Waals surface area contributed by atoms with Gasteiger partial charge in [0.1, 0.15) is 6.10 Å². The van der Waals surface area contributed by atoms with Gasteiger partial charge in [0, 0.05) is 18.5 Å². The predicted molar refractivity (Wildman–Crippen MR) is 193 cm³/mol. The van der Waals surface area contributed by atoms with Gasteiger partial charge in [-0.05, 0) is 42.4 Å². The molecule has 3 N–H and O–H groups in total. The lowest BCUT2D eigenvalue weighted by atomic mass is 9.77. The van der Waals surface area contributed by atoms with Crippen LogP contribution in [0.1, 0.15) is 67.2 Å². The molecule has 1 amide bonds. The van der Waals surface area contributed by atoms with E-state index < -0.39 is 17.6 Å². The molecular formula is C41H45F2N5O2. The van der Waals surface area contributed by atoms with Crippen molar-refractivity contribution in [1.82, 2.24) is 10.0 Å². The Hall–Kier alpha value is -4.99. The fourth-order valence-electron chi connectivity index (χ4n) is 6.56. The van der Waals surface area contributed by atoms with Crippen LogP contribution >= 0.6 is 0 Å². The van der Waals surface area contributed by atoms with Crippen molar-refractivity contribution in [3.05, 3.63) is 168 Å². The van der Waals surface area contributed by atoms with Crippen LogP contribution in [0.15, 0.2) is 156 Å². The van der Waals surface area contributed by atoms with Crippen molar-refractivity contribution in [3.63, 3.8) is 0 Å². The Morgan fingerprint density at radius 3 is 1.84 bits per heavy atom. The lowest BCUT2D eigenvalue weighted by molar-refractivity contribution is -0.128. The number of carbonyl (C=O) groups is 1. The Kier molecular flexibility index (Phi) is 12.4. The summed E-state index contributed by atoms with van der Waals surface area (Å²) in [6.07, 6.45) is 5.61. The molecule has 9 heteroatoms. The highest BCUT2D eigenvalue weighted by Gasteiger charge is 2.42. The minimum atomic E-state index is -3.42. The second kappa shape index (κ2) is 17.1. The molecule has 0 aromatic heterocycles. The molecule has 0 radical (unpaired) electrons. The monoisotopic (exact) mass is 677 g/mol. The number of hydrazine groups is 1. The van der Waals surface area contributed by atoms with E-state index in [9.17, 15) is 18.7 Å². The van der Waals surface area contributed by atoms with Crippen LogP contribution in [0.2, 0.25) is 0 Å². The van der Waals surface area contributed by atoms with Crippen LogP contribution in [-0.4, -0.2) is 39.7 Å². The SMILES string of the molecule is C=C(CCCCCCN1C(=O)CC[C@@H]1/C=C/[C@@H](O)C(F)(F)c1ccccc1)/N=N\N(N)C(c1ccccc1)(c1ccccc1)c1ccccc1. The highest BCUT2D eigenvalue weighted by Crippen LogP contribution is 2.41. The van der Waals surface area contributed by atoms with Gasteiger partial charge in [0.2, 0.25) is 5.91 Å². The minimum absolute atomic E-state index is 0.00155. The van der Waals surface area contributed by atoms with Gasteiger partial charge in [-0.1, -0.05) is 158 Å². The highest BCUT2D eigenvalue weighted by atomic mass is 19.3. The van der Waals surface area contributed by atoms with Crippen molar-refractivity contribution in [2.45, 2.75) is 68.6 Å². The molecule has 1 aliphatic rings. The van der Waals surface area contributed by atoms with Crippen molar-refractivity contribution < 1.29 is 18.7 Å². The fraction of sp³-hybridized carbons (Fsp3) is 0.293. The Morgan fingerprint density at radius 2 is 1.32 bits per heavy atom. The first-order valence-corrected chi connectivity index (χ1v) is 17.1. The number of carbonyl (C=O) groups excluding carboxylic acids is 1. The van der Waals surface area contributed by atoms with Crippen molar-refractivity contribution in [3.8, 4) is 0 Å². The first-order chi connectivity index (χ1) is 24.2. The number of allylic oxidation sites excluding steroid dienone is 1. The van der Waals surface area contributed by atoms with Crippen LogP contribution in [-0.2, 0) is 16.3 Å². The molecule has 1 aliphatic heterocycles. The Balaban J connectivity index is 1.14. The second-order valence-electron chi connectivity index (χ2n) is 12.6. The summed E-state index contributed by atoms with van der Waals surface area (Å²) in [7, 11) is 0. The molecule has 0 unspecified atom stereocenters. The van der Waals surface area contributed by atoms with E-state index >= 15 is 0 Å². The molecule has 1 fully saturated rings. The number of rotatable bonds is 17. The number of hydrogen-bond acceptors (Lipinski definition) is 5. The van der Waals surface area contributed by atoms with Crippen molar-refractivity contribution in [1.29, 1.82) is 0 Å². The van der Waals surface area contributed by atoms with E-state index in [0.717, 1.165) is 48.4 Å². The number of halogens is 2. The molecule has 50 heavy (non-hydrogen) atoms. The quantitative estimate of drug-likeness (QED) is 0.0292. The maximum absolute atomic E-state index is 14.7. The van der Waals surface area contributed by atoms with E-state index in [-0.39, 0.29) is 17.5 Å². The summed E-state index contributed by atoms with van der Waals surface area (Å²) in [4.78, 5) is 14.3. The molecule has 0 saturated carbocycles. The zero-order valence-corrected chi connectivity index (χ0v) is 28.2. The van der Waals surface area contributed by atoms with E-state index in [1.807, 2.05) is 91.0 Å². The van der Waals surface area contributed by atoms with Crippen molar-refractivity contribution >= 4 is 5.91 Å². The number of hydrogen-bond donors (Lipinski definition) is 2. The molecule has 1 saturated heterocycles. The lowest BCUT2D eigenvalue weighted by Gasteiger charge is -2.40. The predicted octanol–water partition coefficient (Wildman–Crippen LogP) is 8.69. The number of aliphatic hydroxyl groups excluding tert-OH is 1. The summed E-state index contributed by atoms with van der Waals surface area (Å²) in [5.41, 5.74) is 2.25. The third-order valence-corrected chi connectivity index (χ3v) is 9.24. The summed E-state index contributed by atoms with van der Waals surface area (Å²) >= 11 is 0. The van der Waals surface area contributed by atoms with Crippen LogP contribution in [0.5, 0.6) is 0 Å². The summed E-state index contributed by atoms with van der Waals surface area (Å²) in [6.45, 7) is 4.65. The molecule has 2 atom stereocenters. The number of amides is 1. The van der Waals surface area contributed by atoms with Crippen LogP contribution in [0.3, 0.4) is 0 Å². The zero-order chi connectivity index (χ0) is 35.4. The number of benzene rings is 4. The van der Waals surface area contributed by atoms with Gasteiger partial charge in [0.05, 0.1) is 11.7 Å². The molecule has 7 nitrogen and oxygen atoms in total. The van der Waals surface area contributed by atoms with Crippen LogP contribution in [0.4, 0.5) is 8.78 Å². The summed E-state index contributed by atoms with van der Waals surface area (Å²) in [6, 6.07) is 37.0. The summed E-state index contributed by atoms with van der Waals surface area (Å²) in [5, 5.41) is 20.6. The maximum Gasteiger partial charge on any atom is 0.302 e. The molecule has 4 aromatic rings. The number of alkyl halides is 2. The minimum Gasteiger partial charge on any atom is -0.382 e. The molecular weight excluding hydrogens is 632 g/mol. The van der Waals surface area contributed by atoms with Crippen molar-refractivity contribution in [2.75, 3.05) is 6.54 Å². The average molecular weight is 678 g/mol.